The molecule has 0 spiro atoms. The first kappa shape index (κ1) is 18.4. The highest BCUT2D eigenvalue weighted by atomic mass is 79.9. The molecule has 6 heteroatoms. The number of carbonyl (C=O) groups excluding carboxylic acids is 1. The van der Waals surface area contributed by atoms with Gasteiger partial charge in [0.1, 0.15) is 0 Å². The number of halogens is 1. The van der Waals surface area contributed by atoms with E-state index in [1.807, 2.05) is 12.1 Å². The first-order valence-corrected chi connectivity index (χ1v) is 8.82. The molecule has 24 heavy (non-hydrogen) atoms. The van der Waals surface area contributed by atoms with Crippen LogP contribution in [0.5, 0.6) is 0 Å². The van der Waals surface area contributed by atoms with Gasteiger partial charge in [-0.15, -0.1) is 0 Å². The molecule has 0 bridgehead atoms. The number of primary amides is 1. The molecule has 1 heterocycles. The van der Waals surface area contributed by atoms with Crippen LogP contribution in [-0.4, -0.2) is 28.9 Å². The highest BCUT2D eigenvalue weighted by Crippen LogP contribution is 2.20. The molecule has 3 N–H and O–H groups in total. The summed E-state index contributed by atoms with van der Waals surface area (Å²) < 4.78 is 0.798. The highest BCUT2D eigenvalue weighted by Gasteiger charge is 2.11. The van der Waals surface area contributed by atoms with Crippen LogP contribution in [-0.2, 0) is 13.1 Å². The van der Waals surface area contributed by atoms with Crippen LogP contribution in [0.4, 0.5) is 5.69 Å². The first-order chi connectivity index (χ1) is 11.5. The van der Waals surface area contributed by atoms with Crippen LogP contribution in [0, 0.1) is 0 Å². The van der Waals surface area contributed by atoms with Crippen LogP contribution in [0.15, 0.2) is 41.0 Å². The molecule has 0 atom stereocenters. The van der Waals surface area contributed by atoms with E-state index >= 15 is 0 Å². The van der Waals surface area contributed by atoms with E-state index < -0.39 is 5.91 Å². The smallest absolute Gasteiger partial charge is 0.269 e. The molecule has 0 aliphatic heterocycles. The van der Waals surface area contributed by atoms with Gasteiger partial charge in [-0.25, -0.2) is 4.98 Å². The third kappa shape index (κ3) is 4.79. The predicted octanol–water partition coefficient (Wildman–Crippen LogP) is 3.40. The minimum absolute atomic E-state index is 0.249. The van der Waals surface area contributed by atoms with Gasteiger partial charge in [-0.05, 0) is 46.2 Å². The Hall–Kier alpha value is -1.92. The van der Waals surface area contributed by atoms with Crippen molar-refractivity contribution in [3.05, 3.63) is 57.8 Å². The Balaban J connectivity index is 2.18. The Bertz CT molecular complexity index is 701. The van der Waals surface area contributed by atoms with Crippen LogP contribution < -0.4 is 11.1 Å². The SMILES string of the molecule is CCN(CC)Cc1ccccc1CNc1cc(Br)cnc1C(N)=O. The van der Waals surface area contributed by atoms with Crippen molar-refractivity contribution >= 4 is 27.5 Å². The van der Waals surface area contributed by atoms with Crippen LogP contribution in [0.25, 0.3) is 0 Å². The maximum absolute atomic E-state index is 11.5. The van der Waals surface area contributed by atoms with Gasteiger partial charge < -0.3 is 11.1 Å². The zero-order valence-electron chi connectivity index (χ0n) is 14.1. The van der Waals surface area contributed by atoms with Gasteiger partial charge in [0.05, 0.1) is 5.69 Å². The lowest BCUT2D eigenvalue weighted by molar-refractivity contribution is 0.0996. The van der Waals surface area contributed by atoms with E-state index in [4.69, 9.17) is 5.73 Å². The fraction of sp³-hybridized carbons (Fsp3) is 0.333. The lowest BCUT2D eigenvalue weighted by atomic mass is 10.1. The summed E-state index contributed by atoms with van der Waals surface area (Å²) in [5.74, 6) is -0.540. The van der Waals surface area contributed by atoms with E-state index in [2.05, 4.69) is 63.2 Å². The van der Waals surface area contributed by atoms with Gasteiger partial charge in [0.25, 0.3) is 5.91 Å². The Morgan fingerprint density at radius 1 is 1.25 bits per heavy atom. The molecule has 1 aromatic heterocycles. The molecule has 128 valence electrons. The van der Waals surface area contributed by atoms with Crippen LogP contribution in [0.3, 0.4) is 0 Å². The van der Waals surface area contributed by atoms with Gasteiger partial charge in [-0.1, -0.05) is 38.1 Å². The zero-order valence-corrected chi connectivity index (χ0v) is 15.6. The zero-order chi connectivity index (χ0) is 17.5. The molecule has 0 aliphatic rings. The first-order valence-electron chi connectivity index (χ1n) is 8.03. The van der Waals surface area contributed by atoms with E-state index in [1.165, 1.54) is 11.1 Å². The standard InChI is InChI=1S/C18H23BrN4O/c1-3-23(4-2)12-14-8-6-5-7-13(14)10-21-16-9-15(19)11-22-17(16)18(20)24/h5-9,11,21H,3-4,10,12H2,1-2H3,(H2,20,24). The number of pyridine rings is 1. The average molecular weight is 391 g/mol. The van der Waals surface area contributed by atoms with Crippen LogP contribution >= 0.6 is 15.9 Å². The molecule has 2 rings (SSSR count). The highest BCUT2D eigenvalue weighted by molar-refractivity contribution is 9.10. The number of nitrogens with zero attached hydrogens (tertiary/aromatic N) is 2. The quantitative estimate of drug-likeness (QED) is 0.724. The number of amides is 1. The summed E-state index contributed by atoms with van der Waals surface area (Å²) in [6, 6.07) is 10.1. The van der Waals surface area contributed by atoms with E-state index in [-0.39, 0.29) is 5.69 Å². The molecule has 1 aromatic carbocycles. The second-order valence-corrected chi connectivity index (χ2v) is 6.41. The lowest BCUT2D eigenvalue weighted by Gasteiger charge is -2.20. The van der Waals surface area contributed by atoms with Crippen molar-refractivity contribution in [3.8, 4) is 0 Å². The summed E-state index contributed by atoms with van der Waals surface area (Å²) >= 11 is 3.38. The second-order valence-electron chi connectivity index (χ2n) is 5.50. The topological polar surface area (TPSA) is 71.2 Å². The van der Waals surface area contributed by atoms with Gasteiger partial charge in [-0.3, -0.25) is 9.69 Å². The van der Waals surface area contributed by atoms with Gasteiger partial charge >= 0.3 is 0 Å². The maximum Gasteiger partial charge on any atom is 0.269 e. The number of anilines is 1. The van der Waals surface area contributed by atoms with Crippen molar-refractivity contribution in [1.82, 2.24) is 9.88 Å². The molecular formula is C18H23BrN4O. The van der Waals surface area contributed by atoms with Crippen molar-refractivity contribution in [1.29, 1.82) is 0 Å². The number of hydrogen-bond acceptors (Lipinski definition) is 4. The van der Waals surface area contributed by atoms with E-state index in [9.17, 15) is 4.79 Å². The number of rotatable bonds is 8. The largest absolute Gasteiger partial charge is 0.379 e. The molecule has 2 aromatic rings. The molecular weight excluding hydrogens is 368 g/mol. The Labute approximate surface area is 151 Å². The lowest BCUT2D eigenvalue weighted by Crippen LogP contribution is -2.23. The minimum atomic E-state index is -0.540. The fourth-order valence-corrected chi connectivity index (χ4v) is 2.86. The Morgan fingerprint density at radius 2 is 1.92 bits per heavy atom. The maximum atomic E-state index is 11.5. The summed E-state index contributed by atoms with van der Waals surface area (Å²) in [6.45, 7) is 7.87. The van der Waals surface area contributed by atoms with Gasteiger partial charge in [-0.2, -0.15) is 0 Å². The van der Waals surface area contributed by atoms with Crippen molar-refractivity contribution in [3.63, 3.8) is 0 Å². The van der Waals surface area contributed by atoms with Gasteiger partial charge in [0.15, 0.2) is 5.69 Å². The van der Waals surface area contributed by atoms with Crippen molar-refractivity contribution in [2.75, 3.05) is 18.4 Å². The fourth-order valence-electron chi connectivity index (χ4n) is 2.53. The van der Waals surface area contributed by atoms with E-state index in [0.29, 0.717) is 12.2 Å². The molecule has 0 saturated carbocycles. The number of hydrogen-bond donors (Lipinski definition) is 2. The average Bonchev–Trinajstić information content (AvgIpc) is 2.58. The van der Waals surface area contributed by atoms with E-state index in [1.54, 1.807) is 6.20 Å². The molecule has 0 aliphatic carbocycles. The summed E-state index contributed by atoms with van der Waals surface area (Å²) in [6.07, 6.45) is 1.57. The number of nitrogens with two attached hydrogens (primary N) is 1. The summed E-state index contributed by atoms with van der Waals surface area (Å²) in [5, 5.41) is 3.29. The van der Waals surface area contributed by atoms with Crippen molar-refractivity contribution in [2.45, 2.75) is 26.9 Å². The monoisotopic (exact) mass is 390 g/mol. The normalized spacial score (nSPS) is 10.8. The third-order valence-electron chi connectivity index (χ3n) is 3.96. The van der Waals surface area contributed by atoms with Crippen LogP contribution in [0.2, 0.25) is 0 Å². The predicted molar refractivity (Wildman–Crippen MR) is 101 cm³/mol. The Morgan fingerprint density at radius 3 is 2.54 bits per heavy atom. The molecule has 1 amide bonds. The summed E-state index contributed by atoms with van der Waals surface area (Å²) in [7, 11) is 0. The number of benzene rings is 1. The molecule has 0 unspecified atom stereocenters. The van der Waals surface area contributed by atoms with Crippen molar-refractivity contribution < 1.29 is 4.79 Å². The third-order valence-corrected chi connectivity index (χ3v) is 4.40. The number of nitrogens with one attached hydrogen (secondary N) is 1. The summed E-state index contributed by atoms with van der Waals surface area (Å²) in [4.78, 5) is 18.0. The van der Waals surface area contributed by atoms with Crippen molar-refractivity contribution in [2.24, 2.45) is 5.73 Å². The summed E-state index contributed by atoms with van der Waals surface area (Å²) in [5.41, 5.74) is 8.75. The molecule has 0 saturated heterocycles. The second kappa shape index (κ2) is 8.80. The molecule has 0 fully saturated rings. The number of carbonyl (C=O) groups is 1. The van der Waals surface area contributed by atoms with Gasteiger partial charge in [0, 0.05) is 23.8 Å². The van der Waals surface area contributed by atoms with E-state index in [0.717, 1.165) is 24.1 Å². The van der Waals surface area contributed by atoms with Gasteiger partial charge in [0.2, 0.25) is 0 Å². The molecule has 5 nitrogen and oxygen atoms in total. The minimum Gasteiger partial charge on any atom is -0.379 e. The molecule has 0 radical (unpaired) electrons. The van der Waals surface area contributed by atoms with Crippen LogP contribution in [0.1, 0.15) is 35.5 Å². The number of aromatic nitrogens is 1. The Kier molecular flexibility index (Phi) is 6.75.